The van der Waals surface area contributed by atoms with Crippen molar-refractivity contribution in [3.8, 4) is 22.6 Å². The van der Waals surface area contributed by atoms with Crippen molar-refractivity contribution < 1.29 is 4.74 Å². The fraction of sp³-hybridized carbons (Fsp3) is 0.171. The average Bonchev–Trinajstić information content (AvgIpc) is 3.50. The van der Waals surface area contributed by atoms with Gasteiger partial charge in [-0.05, 0) is 105 Å². The van der Waals surface area contributed by atoms with E-state index in [1.807, 2.05) is 12.1 Å². The predicted octanol–water partition coefficient (Wildman–Crippen LogP) is 11.0. The Morgan fingerprint density at radius 3 is 2.05 bits per heavy atom. The van der Waals surface area contributed by atoms with Gasteiger partial charge in [0.15, 0.2) is 11.5 Å². The van der Waals surface area contributed by atoms with Gasteiger partial charge in [-0.3, -0.25) is 0 Å². The van der Waals surface area contributed by atoms with E-state index in [2.05, 4.69) is 135 Å². The Hall–Kier alpha value is -4.82. The molecule has 43 heavy (non-hydrogen) atoms. The number of fused-ring (bicyclic) bond motifs is 11. The molecule has 0 fully saturated rings. The summed E-state index contributed by atoms with van der Waals surface area (Å²) >= 11 is 0. The van der Waals surface area contributed by atoms with Crippen molar-refractivity contribution in [2.75, 3.05) is 4.90 Å². The Morgan fingerprint density at radius 2 is 1.30 bits per heavy atom. The SMILES string of the molecule is CC(C)(C)c1ccc2c(c1)C1(C3=C(CCC=C3)c3ccccc31)c1cc(N3c4ccccc4Oc4ccccc43)ccc1-2. The molecule has 1 aliphatic heterocycles. The van der Waals surface area contributed by atoms with Gasteiger partial charge in [-0.1, -0.05) is 106 Å². The number of anilines is 3. The topological polar surface area (TPSA) is 12.5 Å². The van der Waals surface area contributed by atoms with Gasteiger partial charge < -0.3 is 9.64 Å². The van der Waals surface area contributed by atoms with E-state index >= 15 is 0 Å². The van der Waals surface area contributed by atoms with Crippen molar-refractivity contribution in [2.24, 2.45) is 0 Å². The first-order chi connectivity index (χ1) is 21.0. The van der Waals surface area contributed by atoms with Crippen LogP contribution in [0.2, 0.25) is 0 Å². The molecule has 4 aliphatic rings. The summed E-state index contributed by atoms with van der Waals surface area (Å²) in [6.45, 7) is 6.97. The largest absolute Gasteiger partial charge is 0.453 e. The lowest BCUT2D eigenvalue weighted by Gasteiger charge is -2.35. The average molecular weight is 556 g/mol. The monoisotopic (exact) mass is 555 g/mol. The maximum Gasteiger partial charge on any atom is 0.151 e. The zero-order chi connectivity index (χ0) is 28.9. The molecule has 1 unspecified atom stereocenters. The van der Waals surface area contributed by atoms with E-state index in [0.29, 0.717) is 0 Å². The van der Waals surface area contributed by atoms with Crippen LogP contribution in [0.15, 0.2) is 127 Å². The highest BCUT2D eigenvalue weighted by molar-refractivity contribution is 5.98. The van der Waals surface area contributed by atoms with Crippen molar-refractivity contribution in [2.45, 2.75) is 44.4 Å². The van der Waals surface area contributed by atoms with Crippen molar-refractivity contribution in [3.63, 3.8) is 0 Å². The van der Waals surface area contributed by atoms with Gasteiger partial charge in [0.1, 0.15) is 0 Å². The molecule has 0 saturated heterocycles. The highest BCUT2D eigenvalue weighted by Gasteiger charge is 2.53. The molecule has 5 aromatic rings. The van der Waals surface area contributed by atoms with Crippen LogP contribution in [-0.4, -0.2) is 0 Å². The second-order valence-corrected chi connectivity index (χ2v) is 13.2. The Kier molecular flexibility index (Phi) is 4.96. The quantitative estimate of drug-likeness (QED) is 0.200. The molecule has 9 rings (SSSR count). The van der Waals surface area contributed by atoms with Crippen LogP contribution in [0.5, 0.6) is 11.5 Å². The van der Waals surface area contributed by atoms with Gasteiger partial charge in [-0.15, -0.1) is 0 Å². The Bertz CT molecular complexity index is 2010. The number of nitrogens with zero attached hydrogens (tertiary/aromatic N) is 1. The molecule has 0 radical (unpaired) electrons. The standard InChI is InChI=1S/C41H33NO/c1-40(2,3)26-20-22-30-31-23-21-27(42-36-16-8-10-18-38(36)43-39-19-11-9-17-37(39)42)25-35(31)41(34(30)24-26)32-14-6-4-12-28(32)29-13-5-7-15-33(29)41/h4,6-12,14-25H,5,13H2,1-3H3. The van der Waals surface area contributed by atoms with Gasteiger partial charge in [0.25, 0.3) is 0 Å². The van der Waals surface area contributed by atoms with Crippen molar-refractivity contribution >= 4 is 22.6 Å². The number of allylic oxidation sites excluding steroid dienone is 4. The number of hydrogen-bond acceptors (Lipinski definition) is 2. The van der Waals surface area contributed by atoms with E-state index in [1.54, 1.807) is 0 Å². The molecular weight excluding hydrogens is 522 g/mol. The van der Waals surface area contributed by atoms with Gasteiger partial charge in [0, 0.05) is 5.69 Å². The minimum Gasteiger partial charge on any atom is -0.453 e. The van der Waals surface area contributed by atoms with Crippen LogP contribution < -0.4 is 9.64 Å². The summed E-state index contributed by atoms with van der Waals surface area (Å²) in [5.41, 5.74) is 15.6. The summed E-state index contributed by atoms with van der Waals surface area (Å²) in [5.74, 6) is 1.75. The summed E-state index contributed by atoms with van der Waals surface area (Å²) < 4.78 is 6.37. The van der Waals surface area contributed by atoms with Gasteiger partial charge in [0.2, 0.25) is 0 Å². The summed E-state index contributed by atoms with van der Waals surface area (Å²) in [6, 6.07) is 40.3. The minimum atomic E-state index is -0.351. The molecule has 0 bridgehead atoms. The predicted molar refractivity (Wildman–Crippen MR) is 177 cm³/mol. The van der Waals surface area contributed by atoms with E-state index < -0.39 is 0 Å². The highest BCUT2D eigenvalue weighted by Crippen LogP contribution is 2.64. The molecule has 3 aliphatic carbocycles. The molecule has 0 aromatic heterocycles. The summed E-state index contributed by atoms with van der Waals surface area (Å²) in [4.78, 5) is 2.37. The lowest BCUT2D eigenvalue weighted by molar-refractivity contribution is 0.477. The molecule has 1 spiro atoms. The first-order valence-electron chi connectivity index (χ1n) is 15.4. The molecule has 2 heteroatoms. The highest BCUT2D eigenvalue weighted by atomic mass is 16.5. The lowest BCUT2D eigenvalue weighted by atomic mass is 9.68. The number of ether oxygens (including phenoxy) is 1. The Morgan fingerprint density at radius 1 is 0.651 bits per heavy atom. The second-order valence-electron chi connectivity index (χ2n) is 13.2. The fourth-order valence-electron chi connectivity index (χ4n) is 7.99. The zero-order valence-electron chi connectivity index (χ0n) is 24.8. The van der Waals surface area contributed by atoms with Gasteiger partial charge in [-0.2, -0.15) is 0 Å². The molecule has 208 valence electrons. The number of rotatable bonds is 1. The number of hydrogen-bond donors (Lipinski definition) is 0. The fourth-order valence-corrected chi connectivity index (χ4v) is 7.99. The van der Waals surface area contributed by atoms with Crippen molar-refractivity contribution in [3.05, 3.63) is 155 Å². The van der Waals surface area contributed by atoms with Crippen molar-refractivity contribution in [1.29, 1.82) is 0 Å². The van der Waals surface area contributed by atoms with Crippen LogP contribution in [0.4, 0.5) is 17.1 Å². The Balaban J connectivity index is 1.37. The molecule has 1 atom stereocenters. The smallest absolute Gasteiger partial charge is 0.151 e. The third-order valence-corrected chi connectivity index (χ3v) is 9.91. The third-order valence-electron chi connectivity index (χ3n) is 9.91. The summed E-state index contributed by atoms with van der Waals surface area (Å²) in [5, 5.41) is 0. The van der Waals surface area contributed by atoms with Gasteiger partial charge in [-0.25, -0.2) is 0 Å². The minimum absolute atomic E-state index is 0.0507. The molecule has 5 aromatic carbocycles. The molecule has 2 nitrogen and oxygen atoms in total. The molecule has 0 amide bonds. The van der Waals surface area contributed by atoms with Gasteiger partial charge >= 0.3 is 0 Å². The van der Waals surface area contributed by atoms with E-state index in [9.17, 15) is 0 Å². The molecule has 1 heterocycles. The third kappa shape index (κ3) is 3.24. The Labute approximate surface area is 253 Å². The maximum atomic E-state index is 6.37. The van der Waals surface area contributed by atoms with E-state index in [4.69, 9.17) is 4.74 Å². The van der Waals surface area contributed by atoms with Gasteiger partial charge in [0.05, 0.1) is 16.8 Å². The van der Waals surface area contributed by atoms with Crippen LogP contribution in [0.25, 0.3) is 16.7 Å². The van der Waals surface area contributed by atoms with Crippen LogP contribution in [0.1, 0.15) is 61.4 Å². The van der Waals surface area contributed by atoms with E-state index in [-0.39, 0.29) is 10.8 Å². The number of para-hydroxylation sites is 4. The van der Waals surface area contributed by atoms with E-state index in [1.165, 1.54) is 50.1 Å². The first-order valence-corrected chi connectivity index (χ1v) is 15.4. The molecule has 0 N–H and O–H groups in total. The summed E-state index contributed by atoms with van der Waals surface area (Å²) in [7, 11) is 0. The van der Waals surface area contributed by atoms with Crippen LogP contribution in [0.3, 0.4) is 0 Å². The van der Waals surface area contributed by atoms with E-state index in [0.717, 1.165) is 41.4 Å². The lowest BCUT2D eigenvalue weighted by Crippen LogP contribution is -2.28. The normalized spacial score (nSPS) is 18.9. The van der Waals surface area contributed by atoms with Crippen LogP contribution in [-0.2, 0) is 10.8 Å². The first kappa shape index (κ1) is 24.7. The maximum absolute atomic E-state index is 6.37. The van der Waals surface area contributed by atoms with Crippen LogP contribution >= 0.6 is 0 Å². The number of benzene rings is 5. The molecular formula is C41H33NO. The summed E-state index contributed by atoms with van der Waals surface area (Å²) in [6.07, 6.45) is 6.99. The second kappa shape index (κ2) is 8.61. The molecule has 0 saturated carbocycles. The van der Waals surface area contributed by atoms with Crippen molar-refractivity contribution in [1.82, 2.24) is 0 Å². The van der Waals surface area contributed by atoms with Crippen LogP contribution in [0, 0.1) is 0 Å². The zero-order valence-corrected chi connectivity index (χ0v) is 24.8.